The third-order valence-electron chi connectivity index (χ3n) is 1.79. The molecule has 78 valence electrons. The van der Waals surface area contributed by atoms with Crippen molar-refractivity contribution in [3.05, 3.63) is 24.0 Å². The van der Waals surface area contributed by atoms with Gasteiger partial charge in [0.15, 0.2) is 6.10 Å². The Morgan fingerprint density at radius 1 is 1.64 bits per heavy atom. The number of hydrogen-bond donors (Lipinski definition) is 3. The number of aliphatic hydroxyl groups excluding tert-OH is 2. The summed E-state index contributed by atoms with van der Waals surface area (Å²) in [6, 6.07) is 1.58. The summed E-state index contributed by atoms with van der Waals surface area (Å²) in [7, 11) is 0. The highest BCUT2D eigenvalue weighted by atomic mass is 16.5. The number of aromatic nitrogens is 1. The standard InChI is InChI=1S/C9H13NO4/c1-2-14-9(13)8(12)7(11)6-3-4-10-5-6/h3-5,7-8,10-12H,2H2,1H3. The number of aromatic amines is 1. The Morgan fingerprint density at radius 2 is 2.36 bits per heavy atom. The summed E-state index contributed by atoms with van der Waals surface area (Å²) in [5.41, 5.74) is 0.450. The molecule has 2 unspecified atom stereocenters. The topological polar surface area (TPSA) is 82.6 Å². The van der Waals surface area contributed by atoms with Crippen LogP contribution in [0.5, 0.6) is 0 Å². The van der Waals surface area contributed by atoms with Gasteiger partial charge in [-0.2, -0.15) is 0 Å². The average molecular weight is 199 g/mol. The largest absolute Gasteiger partial charge is 0.464 e. The molecule has 2 atom stereocenters. The molecule has 0 bridgehead atoms. The van der Waals surface area contributed by atoms with Gasteiger partial charge in [0, 0.05) is 18.0 Å². The molecule has 0 aliphatic heterocycles. The highest BCUT2D eigenvalue weighted by Gasteiger charge is 2.26. The summed E-state index contributed by atoms with van der Waals surface area (Å²) in [5.74, 6) is -0.818. The zero-order chi connectivity index (χ0) is 10.6. The van der Waals surface area contributed by atoms with E-state index in [9.17, 15) is 15.0 Å². The monoisotopic (exact) mass is 199 g/mol. The van der Waals surface area contributed by atoms with Gasteiger partial charge in [-0.25, -0.2) is 4.79 Å². The van der Waals surface area contributed by atoms with Crippen molar-refractivity contribution >= 4 is 5.97 Å². The number of rotatable bonds is 4. The maximum absolute atomic E-state index is 11.0. The van der Waals surface area contributed by atoms with Crippen molar-refractivity contribution in [2.75, 3.05) is 6.61 Å². The molecule has 0 saturated carbocycles. The third kappa shape index (κ3) is 2.34. The first kappa shape index (κ1) is 10.7. The fourth-order valence-electron chi connectivity index (χ4n) is 1.06. The summed E-state index contributed by atoms with van der Waals surface area (Å²) in [4.78, 5) is 13.8. The molecule has 0 aliphatic rings. The van der Waals surface area contributed by atoms with Gasteiger partial charge in [0.1, 0.15) is 6.10 Å². The van der Waals surface area contributed by atoms with E-state index in [-0.39, 0.29) is 6.61 Å². The van der Waals surface area contributed by atoms with Crippen LogP contribution in [0.2, 0.25) is 0 Å². The Kier molecular flexibility index (Phi) is 3.67. The van der Waals surface area contributed by atoms with Crippen LogP contribution in [-0.2, 0) is 9.53 Å². The molecule has 1 aromatic heterocycles. The first-order valence-corrected chi connectivity index (χ1v) is 4.32. The van der Waals surface area contributed by atoms with Crippen molar-refractivity contribution in [2.24, 2.45) is 0 Å². The van der Waals surface area contributed by atoms with E-state index in [0.29, 0.717) is 5.56 Å². The number of hydrogen-bond acceptors (Lipinski definition) is 4. The molecule has 0 saturated heterocycles. The maximum atomic E-state index is 11.0. The second kappa shape index (κ2) is 4.78. The first-order chi connectivity index (χ1) is 6.66. The number of nitrogens with one attached hydrogen (secondary N) is 1. The van der Waals surface area contributed by atoms with Crippen molar-refractivity contribution in [1.29, 1.82) is 0 Å². The molecular formula is C9H13NO4. The smallest absolute Gasteiger partial charge is 0.338 e. The van der Waals surface area contributed by atoms with E-state index in [4.69, 9.17) is 0 Å². The van der Waals surface area contributed by atoms with E-state index < -0.39 is 18.2 Å². The van der Waals surface area contributed by atoms with E-state index in [1.54, 1.807) is 19.2 Å². The number of carbonyl (C=O) groups excluding carboxylic acids is 1. The number of ether oxygens (including phenoxy) is 1. The van der Waals surface area contributed by atoms with Gasteiger partial charge in [-0.15, -0.1) is 0 Å². The molecule has 0 amide bonds. The molecule has 0 aliphatic carbocycles. The Morgan fingerprint density at radius 3 is 2.86 bits per heavy atom. The van der Waals surface area contributed by atoms with Crippen molar-refractivity contribution in [3.63, 3.8) is 0 Å². The fraction of sp³-hybridized carbons (Fsp3) is 0.444. The van der Waals surface area contributed by atoms with Gasteiger partial charge in [0.25, 0.3) is 0 Å². The molecule has 5 heteroatoms. The number of aliphatic hydroxyl groups is 2. The Bertz CT molecular complexity index is 283. The molecule has 0 fully saturated rings. The van der Waals surface area contributed by atoms with E-state index in [2.05, 4.69) is 9.72 Å². The lowest BCUT2D eigenvalue weighted by atomic mass is 10.1. The summed E-state index contributed by atoms with van der Waals surface area (Å²) in [5, 5.41) is 18.9. The second-order valence-electron chi connectivity index (χ2n) is 2.79. The summed E-state index contributed by atoms with van der Waals surface area (Å²) in [6.07, 6.45) is 0.315. The van der Waals surface area contributed by atoms with E-state index in [1.807, 2.05) is 0 Å². The first-order valence-electron chi connectivity index (χ1n) is 4.32. The minimum atomic E-state index is -1.54. The second-order valence-corrected chi connectivity index (χ2v) is 2.79. The predicted molar refractivity (Wildman–Crippen MR) is 48.4 cm³/mol. The number of carbonyl (C=O) groups is 1. The lowest BCUT2D eigenvalue weighted by Gasteiger charge is -2.14. The van der Waals surface area contributed by atoms with E-state index in [0.717, 1.165) is 0 Å². The Balaban J connectivity index is 2.61. The highest BCUT2D eigenvalue weighted by molar-refractivity contribution is 5.75. The molecule has 14 heavy (non-hydrogen) atoms. The van der Waals surface area contributed by atoms with Crippen molar-refractivity contribution in [2.45, 2.75) is 19.1 Å². The molecular weight excluding hydrogens is 186 g/mol. The van der Waals surface area contributed by atoms with Crippen LogP contribution in [0.3, 0.4) is 0 Å². The van der Waals surface area contributed by atoms with Gasteiger partial charge in [-0.05, 0) is 13.0 Å². The van der Waals surface area contributed by atoms with Gasteiger partial charge in [0.05, 0.1) is 6.61 Å². The number of esters is 1. The third-order valence-corrected chi connectivity index (χ3v) is 1.79. The molecule has 3 N–H and O–H groups in total. The average Bonchev–Trinajstić information content (AvgIpc) is 2.68. The lowest BCUT2D eigenvalue weighted by Crippen LogP contribution is -2.29. The molecule has 1 aromatic rings. The van der Waals surface area contributed by atoms with Gasteiger partial charge >= 0.3 is 5.97 Å². The zero-order valence-electron chi connectivity index (χ0n) is 7.80. The van der Waals surface area contributed by atoms with Crippen molar-refractivity contribution in [1.82, 2.24) is 4.98 Å². The normalized spacial score (nSPS) is 14.8. The van der Waals surface area contributed by atoms with Crippen molar-refractivity contribution < 1.29 is 19.7 Å². The van der Waals surface area contributed by atoms with Crippen LogP contribution >= 0.6 is 0 Å². The molecule has 1 rings (SSSR count). The fourth-order valence-corrected chi connectivity index (χ4v) is 1.06. The van der Waals surface area contributed by atoms with Crippen LogP contribution < -0.4 is 0 Å². The summed E-state index contributed by atoms with van der Waals surface area (Å²) in [6.45, 7) is 1.81. The maximum Gasteiger partial charge on any atom is 0.338 e. The van der Waals surface area contributed by atoms with Crippen LogP contribution in [0.25, 0.3) is 0 Å². The molecule has 0 spiro atoms. The van der Waals surface area contributed by atoms with Crippen LogP contribution in [0.1, 0.15) is 18.6 Å². The van der Waals surface area contributed by atoms with Crippen LogP contribution in [0, 0.1) is 0 Å². The SMILES string of the molecule is CCOC(=O)C(O)C(O)c1cc[nH]c1. The summed E-state index contributed by atoms with van der Waals surface area (Å²) >= 11 is 0. The lowest BCUT2D eigenvalue weighted by molar-refractivity contribution is -0.159. The molecule has 5 nitrogen and oxygen atoms in total. The molecule has 0 radical (unpaired) electrons. The highest BCUT2D eigenvalue weighted by Crippen LogP contribution is 2.16. The van der Waals surface area contributed by atoms with E-state index >= 15 is 0 Å². The quantitative estimate of drug-likeness (QED) is 0.595. The predicted octanol–water partition coefficient (Wildman–Crippen LogP) is -0.0279. The van der Waals surface area contributed by atoms with Crippen LogP contribution in [0.15, 0.2) is 18.5 Å². The van der Waals surface area contributed by atoms with Gasteiger partial charge < -0.3 is 19.9 Å². The minimum absolute atomic E-state index is 0.176. The number of H-pyrrole nitrogens is 1. The van der Waals surface area contributed by atoms with Gasteiger partial charge in [0.2, 0.25) is 0 Å². The Labute approximate surface area is 81.3 Å². The summed E-state index contributed by atoms with van der Waals surface area (Å²) < 4.78 is 4.56. The molecule has 1 heterocycles. The van der Waals surface area contributed by atoms with E-state index in [1.165, 1.54) is 6.20 Å². The van der Waals surface area contributed by atoms with Crippen LogP contribution in [0.4, 0.5) is 0 Å². The van der Waals surface area contributed by atoms with Gasteiger partial charge in [-0.3, -0.25) is 0 Å². The Hall–Kier alpha value is -1.33. The van der Waals surface area contributed by atoms with Gasteiger partial charge in [-0.1, -0.05) is 0 Å². The van der Waals surface area contributed by atoms with Crippen LogP contribution in [-0.4, -0.2) is 33.9 Å². The minimum Gasteiger partial charge on any atom is -0.464 e. The molecule has 0 aromatic carbocycles. The van der Waals surface area contributed by atoms with Crippen molar-refractivity contribution in [3.8, 4) is 0 Å². The zero-order valence-corrected chi connectivity index (χ0v) is 7.80.